The second kappa shape index (κ2) is 14.1. The predicted octanol–water partition coefficient (Wildman–Crippen LogP) is 7.58. The van der Waals surface area contributed by atoms with Gasteiger partial charge >= 0.3 is 5.97 Å². The summed E-state index contributed by atoms with van der Waals surface area (Å²) in [5, 5.41) is 6.23. The zero-order valence-electron chi connectivity index (χ0n) is 27.9. The van der Waals surface area contributed by atoms with Gasteiger partial charge in [-0.2, -0.15) is 9.40 Å². The number of benzene rings is 1. The third kappa shape index (κ3) is 7.81. The lowest BCUT2D eigenvalue weighted by Crippen LogP contribution is -2.41. The number of nitrogens with zero attached hydrogens (tertiary/aromatic N) is 3. The van der Waals surface area contributed by atoms with E-state index in [2.05, 4.69) is 38.8 Å². The highest BCUT2D eigenvalue weighted by Crippen LogP contribution is 2.42. The lowest BCUT2D eigenvalue weighted by molar-refractivity contribution is 0.0519. The van der Waals surface area contributed by atoms with Crippen molar-refractivity contribution in [3.8, 4) is 11.1 Å². The van der Waals surface area contributed by atoms with Crippen molar-refractivity contribution in [2.75, 3.05) is 24.8 Å². The van der Waals surface area contributed by atoms with Crippen molar-refractivity contribution in [1.82, 2.24) is 19.1 Å². The minimum absolute atomic E-state index is 0.00743. The number of fused-ring (bicyclic) bond motifs is 1. The Balaban J connectivity index is 1.79. The van der Waals surface area contributed by atoms with E-state index in [4.69, 9.17) is 37.5 Å². The van der Waals surface area contributed by atoms with Crippen molar-refractivity contribution in [2.24, 2.45) is 7.05 Å². The fourth-order valence-electron chi connectivity index (χ4n) is 5.40. The Morgan fingerprint density at radius 1 is 1.20 bits per heavy atom. The molecule has 0 spiro atoms. The van der Waals surface area contributed by atoms with Crippen LogP contribution in [0.15, 0.2) is 12.1 Å². The Hall–Kier alpha value is -1.89. The number of ether oxygens (including phenoxy) is 1. The number of hydrogen-bond donors (Lipinski definition) is 1. The van der Waals surface area contributed by atoms with Gasteiger partial charge in [0.25, 0.3) is 0 Å². The van der Waals surface area contributed by atoms with Crippen LogP contribution in [-0.2, 0) is 39.2 Å². The molecule has 2 heterocycles. The molecule has 3 aromatic rings. The zero-order valence-corrected chi connectivity index (χ0v) is 31.2. The lowest BCUT2D eigenvalue weighted by atomic mass is 9.98. The molecule has 0 atom stereocenters. The summed E-state index contributed by atoms with van der Waals surface area (Å²) in [6, 6.07) is 3.72. The number of nitrogens with one attached hydrogen (secondary N) is 1. The summed E-state index contributed by atoms with van der Waals surface area (Å²) in [7, 11) is -3.62. The summed E-state index contributed by atoms with van der Waals surface area (Å²) in [4.78, 5) is 16.6. The van der Waals surface area contributed by atoms with Crippen molar-refractivity contribution in [3.05, 3.63) is 39.8 Å². The van der Waals surface area contributed by atoms with Crippen molar-refractivity contribution < 1.29 is 22.4 Å². The van der Waals surface area contributed by atoms with Crippen LogP contribution >= 0.6 is 23.2 Å². The molecule has 1 aliphatic carbocycles. The standard InChI is InChI=1S/C32H48Cl2N4O5SSi/c1-9-42-31(39)30-23(12-10-18-43-45(7,8)32(3,4)5)24-15-16-25(34)28(29(24)35-30)27-21(2)37(6)36-26(27)20-38(22-13-14-22)44(40,41)19-11-17-33/h15-16,22,35H,9-14,17-20H2,1-8H3. The molecule has 0 amide bonds. The number of aryl methyl sites for hydroxylation is 2. The van der Waals surface area contributed by atoms with Crippen LogP contribution in [0.1, 0.15) is 80.8 Å². The first-order valence-corrected chi connectivity index (χ1v) is 21.2. The highest BCUT2D eigenvalue weighted by atomic mass is 35.5. The molecule has 1 fully saturated rings. The van der Waals surface area contributed by atoms with Crippen LogP contribution in [0.2, 0.25) is 23.2 Å². The van der Waals surface area contributed by atoms with E-state index in [0.717, 1.165) is 41.5 Å². The van der Waals surface area contributed by atoms with E-state index in [1.807, 2.05) is 26.1 Å². The second-order valence-corrected chi connectivity index (χ2v) is 21.1. The summed E-state index contributed by atoms with van der Waals surface area (Å²) in [5.41, 5.74) is 4.85. The molecule has 1 aliphatic rings. The first-order chi connectivity index (χ1) is 21.0. The highest BCUT2D eigenvalue weighted by molar-refractivity contribution is 7.89. The molecular formula is C32H48Cl2N4O5SSi. The third-order valence-corrected chi connectivity index (χ3v) is 16.2. The van der Waals surface area contributed by atoms with Crippen molar-refractivity contribution in [1.29, 1.82) is 0 Å². The number of aromatic amines is 1. The van der Waals surface area contributed by atoms with Crippen molar-refractivity contribution in [3.63, 3.8) is 0 Å². The summed E-state index contributed by atoms with van der Waals surface area (Å²) >= 11 is 12.8. The van der Waals surface area contributed by atoms with E-state index < -0.39 is 24.3 Å². The molecule has 45 heavy (non-hydrogen) atoms. The van der Waals surface area contributed by atoms with E-state index in [1.165, 1.54) is 0 Å². The maximum atomic E-state index is 13.4. The minimum Gasteiger partial charge on any atom is -0.461 e. The van der Waals surface area contributed by atoms with Crippen LogP contribution in [0.3, 0.4) is 0 Å². The van der Waals surface area contributed by atoms with Crippen LogP contribution in [0.25, 0.3) is 22.0 Å². The smallest absolute Gasteiger partial charge is 0.355 e. The number of esters is 1. The molecule has 1 N–H and O–H groups in total. The average molecular weight is 700 g/mol. The van der Waals surface area contributed by atoms with E-state index in [9.17, 15) is 13.2 Å². The SMILES string of the molecule is CCOC(=O)c1[nH]c2c(-c3c(CN(C4CC4)S(=O)(=O)CCCCl)nn(C)c3C)c(Cl)ccc2c1CCCO[Si](C)(C)C(C)(C)C. The number of aromatic nitrogens is 3. The van der Waals surface area contributed by atoms with Crippen LogP contribution in [-0.4, -0.2) is 72.7 Å². The summed E-state index contributed by atoms with van der Waals surface area (Å²) in [5.74, 6) is -0.152. The topological polar surface area (TPSA) is 107 Å². The number of H-pyrrole nitrogens is 1. The summed E-state index contributed by atoms with van der Waals surface area (Å²) in [6.07, 6.45) is 3.36. The van der Waals surface area contributed by atoms with Crippen LogP contribution in [0, 0.1) is 6.92 Å². The average Bonchev–Trinajstić information content (AvgIpc) is 3.67. The van der Waals surface area contributed by atoms with E-state index in [0.29, 0.717) is 46.9 Å². The quantitative estimate of drug-likeness (QED) is 0.0759. The number of carbonyl (C=O) groups is 1. The lowest BCUT2D eigenvalue weighted by Gasteiger charge is -2.36. The molecule has 0 saturated heterocycles. The highest BCUT2D eigenvalue weighted by Gasteiger charge is 2.39. The second-order valence-electron chi connectivity index (χ2n) is 13.4. The van der Waals surface area contributed by atoms with E-state index in [1.54, 1.807) is 15.9 Å². The minimum atomic E-state index is -3.54. The Morgan fingerprint density at radius 3 is 2.49 bits per heavy atom. The molecule has 0 bridgehead atoms. The Labute approximate surface area is 279 Å². The summed E-state index contributed by atoms with van der Waals surface area (Å²) in [6.45, 7) is 15.8. The Kier molecular flexibility index (Phi) is 11.2. The van der Waals surface area contributed by atoms with Crippen LogP contribution < -0.4 is 0 Å². The maximum Gasteiger partial charge on any atom is 0.355 e. The van der Waals surface area contributed by atoms with E-state index >= 15 is 0 Å². The number of carbonyl (C=O) groups excluding carboxylic acids is 1. The fraction of sp³-hybridized carbons (Fsp3) is 0.625. The number of hydrogen-bond acceptors (Lipinski definition) is 6. The van der Waals surface area contributed by atoms with Gasteiger partial charge in [0.1, 0.15) is 5.69 Å². The molecule has 1 saturated carbocycles. The van der Waals surface area contributed by atoms with Gasteiger partial charge in [-0.1, -0.05) is 38.4 Å². The van der Waals surface area contributed by atoms with Gasteiger partial charge in [0.2, 0.25) is 10.0 Å². The monoisotopic (exact) mass is 698 g/mol. The van der Waals surface area contributed by atoms with Gasteiger partial charge in [-0.15, -0.1) is 11.6 Å². The molecule has 250 valence electrons. The predicted molar refractivity (Wildman–Crippen MR) is 185 cm³/mol. The van der Waals surface area contributed by atoms with Crippen molar-refractivity contribution >= 4 is 58.4 Å². The van der Waals surface area contributed by atoms with Crippen LogP contribution in [0.4, 0.5) is 0 Å². The number of rotatable bonds is 15. The molecule has 0 aliphatic heterocycles. The first-order valence-electron chi connectivity index (χ1n) is 15.8. The normalized spacial score (nSPS) is 14.6. The molecule has 13 heteroatoms. The Bertz CT molecular complexity index is 1640. The van der Waals surface area contributed by atoms with E-state index in [-0.39, 0.29) is 35.9 Å². The molecule has 2 aromatic heterocycles. The molecule has 0 unspecified atom stereocenters. The fourth-order valence-corrected chi connectivity index (χ4v) is 8.76. The molecule has 1 aromatic carbocycles. The number of halogens is 2. The maximum absolute atomic E-state index is 13.4. The Morgan fingerprint density at radius 2 is 1.89 bits per heavy atom. The summed E-state index contributed by atoms with van der Waals surface area (Å²) < 4.78 is 41.9. The molecule has 9 nitrogen and oxygen atoms in total. The number of alkyl halides is 1. The van der Waals surface area contributed by atoms with Gasteiger partial charge in [-0.25, -0.2) is 13.2 Å². The van der Waals surface area contributed by atoms with Gasteiger partial charge in [0.15, 0.2) is 8.32 Å². The largest absolute Gasteiger partial charge is 0.461 e. The van der Waals surface area contributed by atoms with Gasteiger partial charge in [0, 0.05) is 47.8 Å². The van der Waals surface area contributed by atoms with Gasteiger partial charge in [0.05, 0.1) is 35.1 Å². The zero-order chi connectivity index (χ0) is 33.3. The first kappa shape index (κ1) is 36.0. The van der Waals surface area contributed by atoms with Gasteiger partial charge in [-0.05, 0) is 75.7 Å². The van der Waals surface area contributed by atoms with Crippen molar-refractivity contribution in [2.45, 2.75) is 97.4 Å². The molecule has 0 radical (unpaired) electrons. The third-order valence-electron chi connectivity index (χ3n) is 9.16. The number of sulfonamides is 1. The van der Waals surface area contributed by atoms with Gasteiger partial charge in [-0.3, -0.25) is 4.68 Å². The molecular weight excluding hydrogens is 651 g/mol. The molecule has 4 rings (SSSR count). The van der Waals surface area contributed by atoms with Crippen LogP contribution in [0.5, 0.6) is 0 Å². The van der Waals surface area contributed by atoms with Gasteiger partial charge < -0.3 is 14.1 Å².